The summed E-state index contributed by atoms with van der Waals surface area (Å²) in [5, 5.41) is 8.44. The van der Waals surface area contributed by atoms with Crippen LogP contribution in [0.5, 0.6) is 0 Å². The molecule has 4 rings (SSSR count). The summed E-state index contributed by atoms with van der Waals surface area (Å²) in [6, 6.07) is 14.3. The summed E-state index contributed by atoms with van der Waals surface area (Å²) in [5.41, 5.74) is 1.39. The molecule has 1 unspecified atom stereocenters. The van der Waals surface area contributed by atoms with E-state index >= 15 is 0 Å². The Hall–Kier alpha value is -3.81. The molecule has 2 amide bonds. The highest BCUT2D eigenvalue weighted by molar-refractivity contribution is 6.40. The molecule has 152 valence electrons. The Morgan fingerprint density at radius 1 is 1.13 bits per heavy atom. The minimum atomic E-state index is -0.668. The number of halogens is 1. The van der Waals surface area contributed by atoms with Crippen LogP contribution in [0.4, 0.5) is 10.1 Å². The number of imidazole rings is 1. The third kappa shape index (κ3) is 3.98. The highest BCUT2D eigenvalue weighted by Crippen LogP contribution is 2.23. The number of rotatable bonds is 5. The van der Waals surface area contributed by atoms with Crippen LogP contribution >= 0.6 is 0 Å². The van der Waals surface area contributed by atoms with E-state index in [1.165, 1.54) is 17.1 Å². The van der Waals surface area contributed by atoms with Gasteiger partial charge in [-0.25, -0.2) is 14.4 Å². The second-order valence-electron chi connectivity index (χ2n) is 6.95. The predicted octanol–water partition coefficient (Wildman–Crippen LogP) is 2.95. The van der Waals surface area contributed by atoms with E-state index in [9.17, 15) is 14.0 Å². The summed E-state index contributed by atoms with van der Waals surface area (Å²) >= 11 is 0. The normalized spacial score (nSPS) is 14.9. The van der Waals surface area contributed by atoms with Gasteiger partial charge < -0.3 is 9.88 Å². The second-order valence-corrected chi connectivity index (χ2v) is 6.95. The Morgan fingerprint density at radius 3 is 2.63 bits per heavy atom. The Kier molecular flexibility index (Phi) is 5.38. The Morgan fingerprint density at radius 2 is 1.93 bits per heavy atom. The number of anilines is 1. The standard InChI is InChI=1S/C22H20FN5O2/c1-27-13-12-24-21(27)20(15-6-5-7-16(23)14-15)25-22(30)18-10-11-19(29)28(26-18)17-8-3-2-4-9-17/h2-9,12-14,20H,10-11H2,1H3,(H,25,30). The number of hydrogen-bond acceptors (Lipinski definition) is 4. The van der Waals surface area contributed by atoms with Gasteiger partial charge in [0.25, 0.3) is 5.91 Å². The number of aryl methyl sites for hydroxylation is 1. The van der Waals surface area contributed by atoms with Gasteiger partial charge in [-0.1, -0.05) is 30.3 Å². The topological polar surface area (TPSA) is 79.6 Å². The van der Waals surface area contributed by atoms with E-state index in [1.54, 1.807) is 60.4 Å². The average Bonchev–Trinajstić information content (AvgIpc) is 3.18. The van der Waals surface area contributed by atoms with Gasteiger partial charge in [0, 0.05) is 32.3 Å². The van der Waals surface area contributed by atoms with Gasteiger partial charge in [0.05, 0.1) is 5.69 Å². The van der Waals surface area contributed by atoms with Crippen LogP contribution in [0.2, 0.25) is 0 Å². The zero-order valence-corrected chi connectivity index (χ0v) is 16.3. The molecule has 3 aromatic rings. The maximum Gasteiger partial charge on any atom is 0.268 e. The number of carbonyl (C=O) groups is 2. The summed E-state index contributed by atoms with van der Waals surface area (Å²) in [4.78, 5) is 29.7. The summed E-state index contributed by atoms with van der Waals surface area (Å²) in [5.74, 6) is -0.456. The van der Waals surface area contributed by atoms with Crippen molar-refractivity contribution in [1.82, 2.24) is 14.9 Å². The number of hydrogen-bond donors (Lipinski definition) is 1. The molecule has 0 aliphatic carbocycles. The zero-order valence-electron chi connectivity index (χ0n) is 16.3. The lowest BCUT2D eigenvalue weighted by atomic mass is 10.0. The van der Waals surface area contributed by atoms with E-state index in [1.807, 2.05) is 6.07 Å². The van der Waals surface area contributed by atoms with E-state index < -0.39 is 17.8 Å². The molecule has 0 saturated carbocycles. The minimum Gasteiger partial charge on any atom is -0.337 e. The largest absolute Gasteiger partial charge is 0.337 e. The van der Waals surface area contributed by atoms with Gasteiger partial charge in [0.15, 0.2) is 0 Å². The molecule has 0 spiro atoms. The van der Waals surface area contributed by atoms with Gasteiger partial charge in [-0.2, -0.15) is 5.10 Å². The number of nitrogens with one attached hydrogen (secondary N) is 1. The van der Waals surface area contributed by atoms with Crippen molar-refractivity contribution in [2.75, 3.05) is 5.01 Å². The molecule has 8 heteroatoms. The Labute approximate surface area is 172 Å². The molecule has 1 aliphatic rings. The zero-order chi connectivity index (χ0) is 21.1. The van der Waals surface area contributed by atoms with Gasteiger partial charge in [-0.05, 0) is 29.8 Å². The van der Waals surface area contributed by atoms with Gasteiger partial charge in [-0.3, -0.25) is 9.59 Å². The lowest BCUT2D eigenvalue weighted by molar-refractivity contribution is -0.119. The molecule has 7 nitrogen and oxygen atoms in total. The first-order chi connectivity index (χ1) is 14.5. The van der Waals surface area contributed by atoms with Gasteiger partial charge in [0.2, 0.25) is 5.91 Å². The third-order valence-corrected chi connectivity index (χ3v) is 4.87. The van der Waals surface area contributed by atoms with Crippen molar-refractivity contribution in [3.63, 3.8) is 0 Å². The molecule has 1 aliphatic heterocycles. The molecule has 0 saturated heterocycles. The molecule has 30 heavy (non-hydrogen) atoms. The molecule has 0 bridgehead atoms. The summed E-state index contributed by atoms with van der Waals surface area (Å²) in [6.45, 7) is 0. The molecule has 1 aromatic heterocycles. The van der Waals surface area contributed by atoms with Crippen LogP contribution in [0.15, 0.2) is 72.1 Å². The first-order valence-electron chi connectivity index (χ1n) is 9.52. The third-order valence-electron chi connectivity index (χ3n) is 4.87. The van der Waals surface area contributed by atoms with E-state index in [2.05, 4.69) is 15.4 Å². The number of aromatic nitrogens is 2. The smallest absolute Gasteiger partial charge is 0.268 e. The van der Waals surface area contributed by atoms with Crippen LogP contribution < -0.4 is 10.3 Å². The van der Waals surface area contributed by atoms with Crippen LogP contribution in [0.25, 0.3) is 0 Å². The fourth-order valence-electron chi connectivity index (χ4n) is 3.34. The number of amides is 2. The molecule has 0 radical (unpaired) electrons. The summed E-state index contributed by atoms with van der Waals surface area (Å²) in [7, 11) is 1.80. The highest BCUT2D eigenvalue weighted by atomic mass is 19.1. The van der Waals surface area contributed by atoms with Crippen molar-refractivity contribution in [2.45, 2.75) is 18.9 Å². The van der Waals surface area contributed by atoms with E-state index in [0.29, 0.717) is 17.1 Å². The van der Waals surface area contributed by atoms with E-state index in [-0.39, 0.29) is 24.5 Å². The van der Waals surface area contributed by atoms with Crippen LogP contribution in [-0.2, 0) is 16.6 Å². The van der Waals surface area contributed by atoms with Crippen LogP contribution in [-0.4, -0.2) is 27.1 Å². The fraction of sp³-hybridized carbons (Fsp3) is 0.182. The molecule has 1 atom stereocenters. The van der Waals surface area contributed by atoms with Crippen molar-refractivity contribution in [1.29, 1.82) is 0 Å². The van der Waals surface area contributed by atoms with Crippen LogP contribution in [0.1, 0.15) is 30.3 Å². The lowest BCUT2D eigenvalue weighted by Crippen LogP contribution is -2.41. The Balaban J connectivity index is 1.64. The van der Waals surface area contributed by atoms with Crippen molar-refractivity contribution < 1.29 is 14.0 Å². The fourth-order valence-corrected chi connectivity index (χ4v) is 3.34. The summed E-state index contributed by atoms with van der Waals surface area (Å²) in [6.07, 6.45) is 3.77. The number of hydrazone groups is 1. The van der Waals surface area contributed by atoms with Crippen molar-refractivity contribution in [3.05, 3.63) is 84.2 Å². The number of nitrogens with zero attached hydrogens (tertiary/aromatic N) is 4. The first kappa shape index (κ1) is 19.5. The number of para-hydroxylation sites is 1. The monoisotopic (exact) mass is 405 g/mol. The lowest BCUT2D eigenvalue weighted by Gasteiger charge is -2.25. The molecule has 2 heterocycles. The van der Waals surface area contributed by atoms with Crippen molar-refractivity contribution in [3.8, 4) is 0 Å². The highest BCUT2D eigenvalue weighted by Gasteiger charge is 2.28. The molecule has 2 aromatic carbocycles. The SMILES string of the molecule is Cn1ccnc1C(NC(=O)C1=NN(c2ccccc2)C(=O)CC1)c1cccc(F)c1. The van der Waals surface area contributed by atoms with Gasteiger partial charge in [-0.15, -0.1) is 0 Å². The molecular formula is C22H20FN5O2. The first-order valence-corrected chi connectivity index (χ1v) is 9.52. The van der Waals surface area contributed by atoms with Crippen LogP contribution in [0, 0.1) is 5.82 Å². The predicted molar refractivity (Wildman–Crippen MR) is 110 cm³/mol. The van der Waals surface area contributed by atoms with Crippen molar-refractivity contribution in [2.24, 2.45) is 12.1 Å². The summed E-state index contributed by atoms with van der Waals surface area (Å²) < 4.78 is 15.6. The molecule has 0 fully saturated rings. The van der Waals surface area contributed by atoms with E-state index in [0.717, 1.165) is 0 Å². The van der Waals surface area contributed by atoms with E-state index in [4.69, 9.17) is 0 Å². The average molecular weight is 405 g/mol. The second kappa shape index (κ2) is 8.28. The maximum atomic E-state index is 13.8. The minimum absolute atomic E-state index is 0.175. The molecule has 1 N–H and O–H groups in total. The van der Waals surface area contributed by atoms with Gasteiger partial charge >= 0.3 is 0 Å². The number of carbonyl (C=O) groups excluding carboxylic acids is 2. The van der Waals surface area contributed by atoms with Crippen molar-refractivity contribution >= 4 is 23.2 Å². The molecular weight excluding hydrogens is 385 g/mol. The Bertz CT molecular complexity index is 1110. The van der Waals surface area contributed by atoms with Crippen LogP contribution in [0.3, 0.4) is 0 Å². The quantitative estimate of drug-likeness (QED) is 0.709. The maximum absolute atomic E-state index is 13.8. The number of benzene rings is 2. The van der Waals surface area contributed by atoms with Gasteiger partial charge in [0.1, 0.15) is 23.4 Å².